The minimum atomic E-state index is -0.699. The summed E-state index contributed by atoms with van der Waals surface area (Å²) in [6.07, 6.45) is 1.76. The summed E-state index contributed by atoms with van der Waals surface area (Å²) in [5.74, 6) is 0.155. The Morgan fingerprint density at radius 2 is 2.03 bits per heavy atom. The van der Waals surface area contributed by atoms with Crippen LogP contribution in [0.5, 0.6) is 5.75 Å². The fourth-order valence-corrected chi connectivity index (χ4v) is 4.18. The fraction of sp³-hybridized carbons (Fsp3) is 0.391. The standard InChI is InChI=1S/C23H25N3O4/c27-18(14-26-10-7-15-3-1-2-4-17(15)13-26)12-24-21(28)16-5-6-20-19(11-16)25-22(29)23(30-20)8-9-23/h1-6,11,18,27H,7-10,12-14H2,(H,24,28)(H,25,29). The molecule has 1 saturated carbocycles. The highest BCUT2D eigenvalue weighted by Gasteiger charge is 2.55. The number of fused-ring (bicyclic) bond motifs is 2. The van der Waals surface area contributed by atoms with Crippen LogP contribution >= 0.6 is 0 Å². The van der Waals surface area contributed by atoms with Crippen molar-refractivity contribution in [3.8, 4) is 5.75 Å². The number of carbonyl (C=O) groups excluding carboxylic acids is 2. The third kappa shape index (κ3) is 3.66. The number of β-amino-alcohol motifs (C(OH)–C–C–N with tert-alkyl or cyclic N) is 1. The van der Waals surface area contributed by atoms with Crippen LogP contribution < -0.4 is 15.4 Å². The van der Waals surface area contributed by atoms with Crippen LogP contribution in [0.25, 0.3) is 0 Å². The highest BCUT2D eigenvalue weighted by Crippen LogP contribution is 2.46. The van der Waals surface area contributed by atoms with E-state index in [9.17, 15) is 14.7 Å². The topological polar surface area (TPSA) is 90.9 Å². The van der Waals surface area contributed by atoms with Crippen LogP contribution in [0.4, 0.5) is 5.69 Å². The van der Waals surface area contributed by atoms with Gasteiger partial charge in [0.25, 0.3) is 11.8 Å². The maximum Gasteiger partial charge on any atom is 0.268 e. The molecule has 0 aromatic heterocycles. The van der Waals surface area contributed by atoms with Crippen molar-refractivity contribution in [2.45, 2.75) is 37.5 Å². The van der Waals surface area contributed by atoms with Crippen molar-refractivity contribution in [3.05, 3.63) is 59.2 Å². The lowest BCUT2D eigenvalue weighted by Gasteiger charge is -2.30. The van der Waals surface area contributed by atoms with Crippen molar-refractivity contribution < 1.29 is 19.4 Å². The maximum atomic E-state index is 12.5. The third-order valence-corrected chi connectivity index (χ3v) is 6.09. The number of aliphatic hydroxyl groups is 1. The van der Waals surface area contributed by atoms with Gasteiger partial charge in [-0.15, -0.1) is 0 Å². The van der Waals surface area contributed by atoms with E-state index in [4.69, 9.17) is 4.74 Å². The average molecular weight is 407 g/mol. The third-order valence-electron chi connectivity index (χ3n) is 6.09. The lowest BCUT2D eigenvalue weighted by Crippen LogP contribution is -2.42. The van der Waals surface area contributed by atoms with Gasteiger partial charge in [-0.05, 0) is 35.7 Å². The average Bonchev–Trinajstić information content (AvgIpc) is 3.53. The van der Waals surface area contributed by atoms with E-state index in [1.165, 1.54) is 11.1 Å². The van der Waals surface area contributed by atoms with E-state index in [2.05, 4.69) is 33.7 Å². The molecule has 0 bridgehead atoms. The molecule has 3 N–H and O–H groups in total. The molecule has 3 aliphatic rings. The summed E-state index contributed by atoms with van der Waals surface area (Å²) in [5.41, 5.74) is 2.90. The van der Waals surface area contributed by atoms with Gasteiger partial charge in [0.1, 0.15) is 5.75 Å². The molecular weight excluding hydrogens is 382 g/mol. The minimum absolute atomic E-state index is 0.147. The van der Waals surface area contributed by atoms with Crippen molar-refractivity contribution in [3.63, 3.8) is 0 Å². The van der Waals surface area contributed by atoms with Crippen molar-refractivity contribution in [1.29, 1.82) is 0 Å². The van der Waals surface area contributed by atoms with E-state index < -0.39 is 11.7 Å². The molecule has 2 aliphatic heterocycles. The molecule has 2 aromatic carbocycles. The Morgan fingerprint density at radius 1 is 1.23 bits per heavy atom. The van der Waals surface area contributed by atoms with Crippen LogP contribution in [0.3, 0.4) is 0 Å². The number of rotatable bonds is 5. The van der Waals surface area contributed by atoms with E-state index >= 15 is 0 Å². The van der Waals surface area contributed by atoms with Crippen LogP contribution in [-0.2, 0) is 17.8 Å². The van der Waals surface area contributed by atoms with Gasteiger partial charge in [-0.3, -0.25) is 14.5 Å². The number of carbonyl (C=O) groups is 2. The summed E-state index contributed by atoms with van der Waals surface area (Å²) >= 11 is 0. The molecule has 1 atom stereocenters. The highest BCUT2D eigenvalue weighted by atomic mass is 16.5. The molecule has 7 nitrogen and oxygen atoms in total. The molecule has 2 aromatic rings. The number of ether oxygens (including phenoxy) is 1. The molecule has 5 rings (SSSR count). The molecule has 30 heavy (non-hydrogen) atoms. The van der Waals surface area contributed by atoms with E-state index in [0.717, 1.165) is 32.4 Å². The second kappa shape index (κ2) is 7.41. The molecule has 1 aliphatic carbocycles. The van der Waals surface area contributed by atoms with Crippen molar-refractivity contribution in [1.82, 2.24) is 10.2 Å². The fourth-order valence-electron chi connectivity index (χ4n) is 4.18. The van der Waals surface area contributed by atoms with E-state index in [1.54, 1.807) is 18.2 Å². The van der Waals surface area contributed by atoms with E-state index in [1.807, 2.05) is 6.07 Å². The molecule has 156 valence electrons. The van der Waals surface area contributed by atoms with Crippen LogP contribution in [0, 0.1) is 0 Å². The predicted octanol–water partition coefficient (Wildman–Crippen LogP) is 1.70. The zero-order valence-corrected chi connectivity index (χ0v) is 16.7. The molecule has 7 heteroatoms. The summed E-state index contributed by atoms with van der Waals surface area (Å²) in [6.45, 7) is 2.38. The molecule has 2 heterocycles. The summed E-state index contributed by atoms with van der Waals surface area (Å²) < 4.78 is 5.80. The van der Waals surface area contributed by atoms with Crippen LogP contribution in [0.1, 0.15) is 34.3 Å². The zero-order valence-electron chi connectivity index (χ0n) is 16.7. The lowest BCUT2D eigenvalue weighted by molar-refractivity contribution is -0.125. The Hall–Kier alpha value is -2.90. The van der Waals surface area contributed by atoms with Gasteiger partial charge in [0.05, 0.1) is 11.8 Å². The van der Waals surface area contributed by atoms with Gasteiger partial charge in [-0.2, -0.15) is 0 Å². The molecule has 0 radical (unpaired) electrons. The number of nitrogens with zero attached hydrogens (tertiary/aromatic N) is 1. The lowest BCUT2D eigenvalue weighted by atomic mass is 10.00. The molecule has 2 amide bonds. The predicted molar refractivity (Wildman–Crippen MR) is 111 cm³/mol. The first kappa shape index (κ1) is 19.1. The molecule has 1 unspecified atom stereocenters. The quantitative estimate of drug-likeness (QED) is 0.702. The zero-order chi connectivity index (χ0) is 20.7. The maximum absolute atomic E-state index is 12.5. The Bertz CT molecular complexity index is 1000. The first-order valence-corrected chi connectivity index (χ1v) is 10.4. The molecule has 1 spiro atoms. The second-order valence-electron chi connectivity index (χ2n) is 8.38. The van der Waals surface area contributed by atoms with Crippen LogP contribution in [0.2, 0.25) is 0 Å². The van der Waals surface area contributed by atoms with Gasteiger partial charge in [-0.25, -0.2) is 0 Å². The summed E-state index contributed by atoms with van der Waals surface area (Å²) in [5, 5.41) is 16.0. The molecule has 0 saturated heterocycles. The van der Waals surface area contributed by atoms with Gasteiger partial charge < -0.3 is 20.5 Å². The molecule has 1 fully saturated rings. The van der Waals surface area contributed by atoms with Crippen molar-refractivity contribution in [2.75, 3.05) is 25.0 Å². The summed E-state index contributed by atoms with van der Waals surface area (Å²) in [6, 6.07) is 13.4. The number of nitrogens with one attached hydrogen (secondary N) is 2. The Kier molecular flexibility index (Phi) is 4.72. The summed E-state index contributed by atoms with van der Waals surface area (Å²) in [4.78, 5) is 26.9. The number of aliphatic hydroxyl groups excluding tert-OH is 1. The number of benzene rings is 2. The normalized spacial score (nSPS) is 19.8. The smallest absolute Gasteiger partial charge is 0.268 e. The second-order valence-corrected chi connectivity index (χ2v) is 8.38. The Balaban J connectivity index is 1.15. The largest absolute Gasteiger partial charge is 0.475 e. The van der Waals surface area contributed by atoms with E-state index in [-0.39, 0.29) is 18.4 Å². The number of amides is 2. The van der Waals surface area contributed by atoms with Crippen molar-refractivity contribution >= 4 is 17.5 Å². The number of hydrogen-bond acceptors (Lipinski definition) is 5. The Morgan fingerprint density at radius 3 is 2.83 bits per heavy atom. The van der Waals surface area contributed by atoms with Gasteiger partial charge in [0.15, 0.2) is 5.60 Å². The van der Waals surface area contributed by atoms with Gasteiger partial charge >= 0.3 is 0 Å². The highest BCUT2D eigenvalue weighted by molar-refractivity contribution is 6.04. The number of anilines is 1. The first-order chi connectivity index (χ1) is 14.5. The number of hydrogen-bond donors (Lipinski definition) is 3. The van der Waals surface area contributed by atoms with Gasteiger partial charge in [-0.1, -0.05) is 24.3 Å². The van der Waals surface area contributed by atoms with Gasteiger partial charge in [0.2, 0.25) is 0 Å². The summed E-state index contributed by atoms with van der Waals surface area (Å²) in [7, 11) is 0. The molecular formula is C23H25N3O4. The minimum Gasteiger partial charge on any atom is -0.475 e. The Labute approximate surface area is 175 Å². The first-order valence-electron chi connectivity index (χ1n) is 10.4. The van der Waals surface area contributed by atoms with E-state index in [0.29, 0.717) is 23.5 Å². The SMILES string of the molecule is O=C(NCC(O)CN1CCc2ccccc2C1)c1ccc2c(c1)NC(=O)C1(CC1)O2. The monoisotopic (exact) mass is 407 g/mol. The van der Waals surface area contributed by atoms with Crippen LogP contribution in [-0.4, -0.2) is 53.2 Å². The van der Waals surface area contributed by atoms with Crippen molar-refractivity contribution in [2.24, 2.45) is 0 Å². The van der Waals surface area contributed by atoms with Crippen LogP contribution in [0.15, 0.2) is 42.5 Å². The van der Waals surface area contributed by atoms with Gasteiger partial charge in [0, 0.05) is 44.6 Å².